The standard InChI is InChI=1S/C6H9N3.CH4/c1-5-2-3-6-8-7-4-9(5)6;/h4-5H,2-3H2,1H3;1H4. The molecule has 1 atom stereocenters. The van der Waals surface area contributed by atoms with Gasteiger partial charge in [-0.05, 0) is 13.3 Å². The predicted octanol–water partition coefficient (Wildman–Crippen LogP) is 1.42. The number of hydrogen-bond acceptors (Lipinski definition) is 2. The minimum absolute atomic E-state index is 0. The van der Waals surface area contributed by atoms with Crippen LogP contribution in [0.25, 0.3) is 0 Å². The lowest BCUT2D eigenvalue weighted by molar-refractivity contribution is 0.576. The van der Waals surface area contributed by atoms with Gasteiger partial charge in [0.25, 0.3) is 0 Å². The van der Waals surface area contributed by atoms with E-state index in [1.165, 1.54) is 6.42 Å². The third-order valence-corrected chi connectivity index (χ3v) is 1.91. The Morgan fingerprint density at radius 3 is 3.20 bits per heavy atom. The van der Waals surface area contributed by atoms with E-state index in [-0.39, 0.29) is 7.43 Å². The molecule has 56 valence electrons. The first-order valence-corrected chi connectivity index (χ1v) is 3.26. The summed E-state index contributed by atoms with van der Waals surface area (Å²) in [4.78, 5) is 0. The van der Waals surface area contributed by atoms with Gasteiger partial charge in [-0.2, -0.15) is 0 Å². The monoisotopic (exact) mass is 139 g/mol. The van der Waals surface area contributed by atoms with Crippen LogP contribution in [0.3, 0.4) is 0 Å². The fourth-order valence-electron chi connectivity index (χ4n) is 1.29. The first-order chi connectivity index (χ1) is 4.38. The van der Waals surface area contributed by atoms with Gasteiger partial charge in [-0.3, -0.25) is 0 Å². The van der Waals surface area contributed by atoms with Gasteiger partial charge in [-0.25, -0.2) is 0 Å². The summed E-state index contributed by atoms with van der Waals surface area (Å²) >= 11 is 0. The average molecular weight is 139 g/mol. The molecule has 1 aliphatic rings. The summed E-state index contributed by atoms with van der Waals surface area (Å²) in [6.45, 7) is 2.19. The van der Waals surface area contributed by atoms with E-state index in [0.29, 0.717) is 6.04 Å². The lowest BCUT2D eigenvalue weighted by atomic mass is 10.2. The van der Waals surface area contributed by atoms with E-state index in [4.69, 9.17) is 0 Å². The summed E-state index contributed by atoms with van der Waals surface area (Å²) in [6.07, 6.45) is 4.14. The van der Waals surface area contributed by atoms with Crippen molar-refractivity contribution < 1.29 is 0 Å². The second-order valence-electron chi connectivity index (χ2n) is 2.54. The van der Waals surface area contributed by atoms with E-state index in [2.05, 4.69) is 21.7 Å². The minimum atomic E-state index is 0. The lowest BCUT2D eigenvalue weighted by Gasteiger charge is -2.00. The Hall–Kier alpha value is -0.860. The highest BCUT2D eigenvalue weighted by atomic mass is 15.3. The second-order valence-corrected chi connectivity index (χ2v) is 2.54. The van der Waals surface area contributed by atoms with Crippen LogP contribution < -0.4 is 0 Å². The molecule has 0 saturated carbocycles. The highest BCUT2D eigenvalue weighted by Gasteiger charge is 2.17. The highest BCUT2D eigenvalue weighted by molar-refractivity contribution is 4.95. The van der Waals surface area contributed by atoms with Crippen molar-refractivity contribution in [3.63, 3.8) is 0 Å². The van der Waals surface area contributed by atoms with Gasteiger partial charge >= 0.3 is 0 Å². The van der Waals surface area contributed by atoms with Gasteiger partial charge in [-0.1, -0.05) is 7.43 Å². The minimum Gasteiger partial charge on any atom is -0.315 e. The fourth-order valence-corrected chi connectivity index (χ4v) is 1.29. The molecule has 3 heteroatoms. The van der Waals surface area contributed by atoms with Crippen LogP contribution in [0.15, 0.2) is 6.33 Å². The zero-order valence-corrected chi connectivity index (χ0v) is 5.41. The van der Waals surface area contributed by atoms with Gasteiger partial charge in [-0.15, -0.1) is 10.2 Å². The highest BCUT2D eigenvalue weighted by Crippen LogP contribution is 2.21. The maximum atomic E-state index is 3.96. The van der Waals surface area contributed by atoms with E-state index < -0.39 is 0 Å². The summed E-state index contributed by atoms with van der Waals surface area (Å²) in [5.74, 6) is 1.14. The Morgan fingerprint density at radius 1 is 1.70 bits per heavy atom. The van der Waals surface area contributed by atoms with Crippen molar-refractivity contribution in [2.75, 3.05) is 0 Å². The quantitative estimate of drug-likeness (QED) is 0.544. The van der Waals surface area contributed by atoms with E-state index in [1.54, 1.807) is 0 Å². The Kier molecular flexibility index (Phi) is 1.74. The van der Waals surface area contributed by atoms with Crippen molar-refractivity contribution >= 4 is 0 Å². The molecule has 10 heavy (non-hydrogen) atoms. The molecule has 1 aliphatic heterocycles. The average Bonchev–Trinajstić information content (AvgIpc) is 2.35. The van der Waals surface area contributed by atoms with Crippen LogP contribution in [0.1, 0.15) is 32.6 Å². The van der Waals surface area contributed by atoms with Crippen molar-refractivity contribution in [1.29, 1.82) is 0 Å². The van der Waals surface area contributed by atoms with Crippen LogP contribution in [0.4, 0.5) is 0 Å². The fraction of sp³-hybridized carbons (Fsp3) is 0.714. The predicted molar refractivity (Wildman–Crippen MR) is 39.8 cm³/mol. The van der Waals surface area contributed by atoms with Crippen LogP contribution in [-0.4, -0.2) is 14.8 Å². The molecule has 1 aromatic heterocycles. The second kappa shape index (κ2) is 2.40. The van der Waals surface area contributed by atoms with Crippen molar-refractivity contribution in [3.8, 4) is 0 Å². The first-order valence-electron chi connectivity index (χ1n) is 3.26. The number of aromatic nitrogens is 3. The van der Waals surface area contributed by atoms with Gasteiger partial charge in [0.05, 0.1) is 0 Å². The van der Waals surface area contributed by atoms with Gasteiger partial charge < -0.3 is 4.57 Å². The molecule has 0 amide bonds. The zero-order valence-electron chi connectivity index (χ0n) is 5.41. The summed E-state index contributed by atoms with van der Waals surface area (Å²) in [5, 5.41) is 7.77. The Balaban J connectivity index is 0.000000500. The van der Waals surface area contributed by atoms with Crippen LogP contribution >= 0.6 is 0 Å². The summed E-state index contributed by atoms with van der Waals surface area (Å²) in [5.41, 5.74) is 0. The largest absolute Gasteiger partial charge is 0.315 e. The van der Waals surface area contributed by atoms with Crippen LogP contribution in [0, 0.1) is 0 Å². The van der Waals surface area contributed by atoms with Gasteiger partial charge in [0.15, 0.2) is 0 Å². The molecular formula is C7H13N3. The summed E-state index contributed by atoms with van der Waals surface area (Å²) in [6, 6.07) is 0.620. The smallest absolute Gasteiger partial charge is 0.133 e. The maximum absolute atomic E-state index is 3.96. The molecule has 0 saturated heterocycles. The first kappa shape index (κ1) is 7.25. The van der Waals surface area contributed by atoms with Crippen molar-refractivity contribution in [2.24, 2.45) is 0 Å². The van der Waals surface area contributed by atoms with E-state index >= 15 is 0 Å². The van der Waals surface area contributed by atoms with Crippen molar-refractivity contribution in [1.82, 2.24) is 14.8 Å². The molecule has 0 aliphatic carbocycles. The van der Waals surface area contributed by atoms with Crippen LogP contribution in [0.2, 0.25) is 0 Å². The lowest BCUT2D eigenvalue weighted by Crippen LogP contribution is -1.95. The molecule has 0 N–H and O–H groups in total. The molecule has 0 spiro atoms. The number of hydrogen-bond donors (Lipinski definition) is 0. The molecular weight excluding hydrogens is 126 g/mol. The molecule has 0 bridgehead atoms. The molecule has 1 aromatic rings. The van der Waals surface area contributed by atoms with E-state index in [1.807, 2.05) is 6.33 Å². The third kappa shape index (κ3) is 0.818. The summed E-state index contributed by atoms with van der Waals surface area (Å²) < 4.78 is 2.14. The topological polar surface area (TPSA) is 30.7 Å². The van der Waals surface area contributed by atoms with Crippen molar-refractivity contribution in [3.05, 3.63) is 12.2 Å². The zero-order chi connectivity index (χ0) is 6.27. The normalized spacial score (nSPS) is 21.9. The van der Waals surface area contributed by atoms with E-state index in [0.717, 1.165) is 12.2 Å². The molecule has 2 rings (SSSR count). The molecule has 2 heterocycles. The number of nitrogens with zero attached hydrogens (tertiary/aromatic N) is 3. The Bertz CT molecular complexity index is 216. The van der Waals surface area contributed by atoms with Crippen LogP contribution in [0.5, 0.6) is 0 Å². The van der Waals surface area contributed by atoms with Gasteiger partial charge in [0, 0.05) is 12.5 Å². The number of aryl methyl sites for hydroxylation is 1. The molecule has 0 radical (unpaired) electrons. The van der Waals surface area contributed by atoms with Gasteiger partial charge in [0.1, 0.15) is 12.2 Å². The van der Waals surface area contributed by atoms with E-state index in [9.17, 15) is 0 Å². The molecule has 3 nitrogen and oxygen atoms in total. The Labute approximate surface area is 61.1 Å². The number of fused-ring (bicyclic) bond motifs is 1. The van der Waals surface area contributed by atoms with Crippen LogP contribution in [-0.2, 0) is 6.42 Å². The number of rotatable bonds is 0. The summed E-state index contributed by atoms with van der Waals surface area (Å²) in [7, 11) is 0. The van der Waals surface area contributed by atoms with Gasteiger partial charge in [0.2, 0.25) is 0 Å². The Morgan fingerprint density at radius 2 is 2.50 bits per heavy atom. The van der Waals surface area contributed by atoms with Crippen molar-refractivity contribution in [2.45, 2.75) is 33.2 Å². The molecule has 0 aromatic carbocycles. The maximum Gasteiger partial charge on any atom is 0.133 e. The molecule has 0 fully saturated rings. The molecule has 1 unspecified atom stereocenters. The third-order valence-electron chi connectivity index (χ3n) is 1.91. The SMILES string of the molecule is C.CC1CCc2nncn21.